The molecule has 0 heterocycles. The van der Waals surface area contributed by atoms with Gasteiger partial charge in [0.15, 0.2) is 0 Å². The zero-order valence-corrected chi connectivity index (χ0v) is 12.5. The number of sulfonamides is 1. The van der Waals surface area contributed by atoms with Gasteiger partial charge < -0.3 is 0 Å². The Bertz CT molecular complexity index is 570. The SMILES string of the molecule is C#CCN(CC(=C)Br)S(=O)(=O)c1ccc(C)cc1. The Labute approximate surface area is 117 Å². The second-order valence-corrected chi connectivity index (χ2v) is 6.87. The van der Waals surface area contributed by atoms with Crippen molar-refractivity contribution in [1.29, 1.82) is 0 Å². The van der Waals surface area contributed by atoms with Gasteiger partial charge in [-0.1, -0.05) is 46.1 Å². The molecule has 0 aliphatic heterocycles. The fourth-order valence-electron chi connectivity index (χ4n) is 1.38. The number of aryl methyl sites for hydroxylation is 1. The zero-order chi connectivity index (χ0) is 13.8. The Morgan fingerprint density at radius 1 is 1.44 bits per heavy atom. The Hall–Kier alpha value is -1.09. The number of hydrogen-bond donors (Lipinski definition) is 0. The molecule has 96 valence electrons. The summed E-state index contributed by atoms with van der Waals surface area (Å²) in [4.78, 5) is 0.233. The van der Waals surface area contributed by atoms with E-state index in [9.17, 15) is 8.42 Å². The Kier molecular flexibility index (Phi) is 5.15. The van der Waals surface area contributed by atoms with Crippen molar-refractivity contribution in [3.63, 3.8) is 0 Å². The molecule has 0 saturated heterocycles. The number of halogens is 1. The normalized spacial score (nSPS) is 11.2. The maximum absolute atomic E-state index is 12.3. The topological polar surface area (TPSA) is 37.4 Å². The highest BCUT2D eigenvalue weighted by Gasteiger charge is 2.23. The second-order valence-electron chi connectivity index (χ2n) is 3.81. The lowest BCUT2D eigenvalue weighted by Crippen LogP contribution is -2.32. The largest absolute Gasteiger partial charge is 0.244 e. The molecule has 1 rings (SSSR count). The van der Waals surface area contributed by atoms with Gasteiger partial charge in [0.25, 0.3) is 0 Å². The molecule has 0 atom stereocenters. The van der Waals surface area contributed by atoms with E-state index in [1.807, 2.05) is 6.92 Å². The van der Waals surface area contributed by atoms with Crippen molar-refractivity contribution in [3.05, 3.63) is 40.9 Å². The summed E-state index contributed by atoms with van der Waals surface area (Å²) < 4.78 is 26.4. The van der Waals surface area contributed by atoms with E-state index in [1.165, 1.54) is 4.31 Å². The summed E-state index contributed by atoms with van der Waals surface area (Å²) in [6, 6.07) is 6.66. The molecule has 0 fully saturated rings. The predicted octanol–water partition coefficient (Wildman–Crippen LogP) is 2.53. The standard InChI is InChI=1S/C13H14BrNO2S/c1-4-9-15(10-12(3)14)18(16,17)13-7-5-11(2)6-8-13/h1,5-8H,3,9-10H2,2H3. The van der Waals surface area contributed by atoms with Crippen LogP contribution in [-0.2, 0) is 10.0 Å². The lowest BCUT2D eigenvalue weighted by atomic mass is 10.2. The minimum absolute atomic E-state index is 0.0147. The lowest BCUT2D eigenvalue weighted by Gasteiger charge is -2.19. The van der Waals surface area contributed by atoms with Crippen molar-refractivity contribution in [2.75, 3.05) is 13.1 Å². The summed E-state index contributed by atoms with van der Waals surface area (Å²) in [6.07, 6.45) is 5.20. The van der Waals surface area contributed by atoms with Crippen molar-refractivity contribution in [2.24, 2.45) is 0 Å². The molecular weight excluding hydrogens is 314 g/mol. The molecule has 0 radical (unpaired) electrons. The average molecular weight is 328 g/mol. The highest BCUT2D eigenvalue weighted by atomic mass is 79.9. The number of benzene rings is 1. The molecule has 3 nitrogen and oxygen atoms in total. The summed E-state index contributed by atoms with van der Waals surface area (Å²) >= 11 is 3.15. The van der Waals surface area contributed by atoms with Crippen LogP contribution in [0.3, 0.4) is 0 Å². The van der Waals surface area contributed by atoms with Gasteiger partial charge in [0.1, 0.15) is 0 Å². The molecule has 1 aromatic rings. The molecule has 0 aliphatic carbocycles. The van der Waals surface area contributed by atoms with Gasteiger partial charge in [-0.25, -0.2) is 8.42 Å². The molecule has 18 heavy (non-hydrogen) atoms. The molecule has 0 bridgehead atoms. The Morgan fingerprint density at radius 2 is 2.00 bits per heavy atom. The molecule has 1 aromatic carbocycles. The van der Waals surface area contributed by atoms with Crippen molar-refractivity contribution in [2.45, 2.75) is 11.8 Å². The number of rotatable bonds is 5. The van der Waals surface area contributed by atoms with E-state index in [1.54, 1.807) is 24.3 Å². The van der Waals surface area contributed by atoms with Crippen LogP contribution < -0.4 is 0 Å². The third kappa shape index (κ3) is 3.70. The predicted molar refractivity (Wildman–Crippen MR) is 76.8 cm³/mol. The van der Waals surface area contributed by atoms with E-state index < -0.39 is 10.0 Å². The van der Waals surface area contributed by atoms with Gasteiger partial charge in [0.2, 0.25) is 10.0 Å². The molecule has 5 heteroatoms. The minimum Gasteiger partial charge on any atom is -0.207 e. The third-order valence-electron chi connectivity index (χ3n) is 2.27. The van der Waals surface area contributed by atoms with Gasteiger partial charge in [-0.15, -0.1) is 6.42 Å². The van der Waals surface area contributed by atoms with E-state index in [0.29, 0.717) is 4.48 Å². The Morgan fingerprint density at radius 3 is 2.44 bits per heavy atom. The van der Waals surface area contributed by atoms with E-state index in [2.05, 4.69) is 28.4 Å². The molecule has 0 aliphatic rings. The van der Waals surface area contributed by atoms with Crippen LogP contribution in [0.1, 0.15) is 5.56 Å². The van der Waals surface area contributed by atoms with Crippen LogP contribution in [0, 0.1) is 19.3 Å². The van der Waals surface area contributed by atoms with Gasteiger partial charge in [-0.2, -0.15) is 4.31 Å². The van der Waals surface area contributed by atoms with Crippen molar-refractivity contribution >= 4 is 26.0 Å². The fraction of sp³-hybridized carbons (Fsp3) is 0.231. The van der Waals surface area contributed by atoms with Crippen LogP contribution in [0.15, 0.2) is 40.2 Å². The fourth-order valence-corrected chi connectivity index (χ4v) is 3.20. The van der Waals surface area contributed by atoms with E-state index in [-0.39, 0.29) is 18.0 Å². The molecule has 0 N–H and O–H groups in total. The Balaban J connectivity index is 3.13. The summed E-state index contributed by atoms with van der Waals surface area (Å²) in [5.41, 5.74) is 1.00. The van der Waals surface area contributed by atoms with Crippen molar-refractivity contribution in [1.82, 2.24) is 4.31 Å². The molecule has 0 unspecified atom stereocenters. The molecule has 0 aromatic heterocycles. The quantitative estimate of drug-likeness (QED) is 0.779. The van der Waals surface area contributed by atoms with Crippen LogP contribution in [0.5, 0.6) is 0 Å². The maximum atomic E-state index is 12.3. The average Bonchev–Trinajstić information content (AvgIpc) is 2.28. The van der Waals surface area contributed by atoms with Crippen LogP contribution in [0.2, 0.25) is 0 Å². The maximum Gasteiger partial charge on any atom is 0.244 e. The zero-order valence-electron chi connectivity index (χ0n) is 10.1. The van der Waals surface area contributed by atoms with E-state index >= 15 is 0 Å². The summed E-state index contributed by atoms with van der Waals surface area (Å²) in [5.74, 6) is 2.35. The monoisotopic (exact) mass is 327 g/mol. The first kappa shape index (κ1) is 15.0. The molecule has 0 spiro atoms. The van der Waals surface area contributed by atoms with Gasteiger partial charge in [0.05, 0.1) is 11.4 Å². The highest BCUT2D eigenvalue weighted by Crippen LogP contribution is 2.18. The highest BCUT2D eigenvalue weighted by molar-refractivity contribution is 9.11. The first-order valence-corrected chi connectivity index (χ1v) is 7.45. The first-order valence-electron chi connectivity index (χ1n) is 5.21. The van der Waals surface area contributed by atoms with Crippen LogP contribution in [0.25, 0.3) is 0 Å². The van der Waals surface area contributed by atoms with Crippen molar-refractivity contribution < 1.29 is 8.42 Å². The van der Waals surface area contributed by atoms with Gasteiger partial charge in [0, 0.05) is 11.0 Å². The number of nitrogens with zero attached hydrogens (tertiary/aromatic N) is 1. The summed E-state index contributed by atoms with van der Waals surface area (Å²) in [6.45, 7) is 5.71. The van der Waals surface area contributed by atoms with E-state index in [4.69, 9.17) is 6.42 Å². The van der Waals surface area contributed by atoms with Crippen LogP contribution >= 0.6 is 15.9 Å². The van der Waals surface area contributed by atoms with Gasteiger partial charge in [-0.3, -0.25) is 0 Å². The van der Waals surface area contributed by atoms with Crippen LogP contribution in [-0.4, -0.2) is 25.8 Å². The van der Waals surface area contributed by atoms with Crippen molar-refractivity contribution in [3.8, 4) is 12.3 Å². The van der Waals surface area contributed by atoms with Gasteiger partial charge >= 0.3 is 0 Å². The summed E-state index contributed by atoms with van der Waals surface area (Å²) in [5, 5.41) is 0. The molecule has 0 amide bonds. The van der Waals surface area contributed by atoms with E-state index in [0.717, 1.165) is 5.56 Å². The minimum atomic E-state index is -3.58. The number of hydrogen-bond acceptors (Lipinski definition) is 2. The van der Waals surface area contributed by atoms with Gasteiger partial charge in [-0.05, 0) is 19.1 Å². The third-order valence-corrected chi connectivity index (χ3v) is 4.33. The molecule has 0 saturated carbocycles. The lowest BCUT2D eigenvalue weighted by molar-refractivity contribution is 0.477. The second kappa shape index (κ2) is 6.19. The molecular formula is C13H14BrNO2S. The number of terminal acetylenes is 1. The first-order chi connectivity index (χ1) is 8.37. The van der Waals surface area contributed by atoms with Crippen LogP contribution in [0.4, 0.5) is 0 Å². The smallest absolute Gasteiger partial charge is 0.207 e. The summed E-state index contributed by atoms with van der Waals surface area (Å²) in [7, 11) is -3.58.